The third kappa shape index (κ3) is 3.10. The maximum absolute atomic E-state index is 5.33. The van der Waals surface area contributed by atoms with Crippen LogP contribution in [0.4, 0.5) is 11.5 Å². The normalized spacial score (nSPS) is 15.5. The van der Waals surface area contributed by atoms with Crippen LogP contribution in [0.25, 0.3) is 0 Å². The minimum absolute atomic E-state index is 0.593. The molecule has 0 amide bonds. The van der Waals surface area contributed by atoms with Gasteiger partial charge in [0.2, 0.25) is 0 Å². The first-order chi connectivity index (χ1) is 10.8. The summed E-state index contributed by atoms with van der Waals surface area (Å²) in [5.74, 6) is 1.42. The fourth-order valence-corrected chi connectivity index (χ4v) is 2.79. The lowest BCUT2D eigenvalue weighted by Crippen LogP contribution is -2.31. The Morgan fingerprint density at radius 3 is 2.55 bits per heavy atom. The number of pyridine rings is 1. The molecule has 0 aliphatic carbocycles. The van der Waals surface area contributed by atoms with Gasteiger partial charge in [-0.2, -0.15) is 0 Å². The maximum atomic E-state index is 5.33. The highest BCUT2D eigenvalue weighted by atomic mass is 16.5. The van der Waals surface area contributed by atoms with Crippen molar-refractivity contribution < 1.29 is 4.74 Å². The van der Waals surface area contributed by atoms with Crippen molar-refractivity contribution in [3.63, 3.8) is 0 Å². The number of aryl methyl sites for hydroxylation is 1. The Morgan fingerprint density at radius 1 is 0.955 bits per heavy atom. The lowest BCUT2D eigenvalue weighted by molar-refractivity contribution is 0.395. The van der Waals surface area contributed by atoms with Crippen LogP contribution in [0.15, 0.2) is 30.7 Å². The summed E-state index contributed by atoms with van der Waals surface area (Å²) in [5.41, 5.74) is 2.29. The van der Waals surface area contributed by atoms with Crippen LogP contribution in [0.3, 0.4) is 0 Å². The van der Waals surface area contributed by atoms with Gasteiger partial charge in [-0.3, -0.25) is 4.98 Å². The van der Waals surface area contributed by atoms with Gasteiger partial charge < -0.3 is 14.5 Å². The average molecular weight is 299 g/mol. The minimum atomic E-state index is 0.593. The van der Waals surface area contributed by atoms with E-state index in [1.807, 2.05) is 13.1 Å². The summed E-state index contributed by atoms with van der Waals surface area (Å²) in [6.45, 7) is 5.86. The van der Waals surface area contributed by atoms with E-state index in [0.29, 0.717) is 5.88 Å². The summed E-state index contributed by atoms with van der Waals surface area (Å²) in [7, 11) is 1.64. The molecule has 0 saturated carbocycles. The lowest BCUT2D eigenvalue weighted by atomic mass is 10.3. The van der Waals surface area contributed by atoms with Crippen LogP contribution in [0.5, 0.6) is 5.88 Å². The Labute approximate surface area is 130 Å². The summed E-state index contributed by atoms with van der Waals surface area (Å²) in [6, 6.07) is 4.21. The molecule has 0 aromatic carbocycles. The van der Waals surface area contributed by atoms with Gasteiger partial charge in [-0.25, -0.2) is 9.97 Å². The number of nitrogens with zero attached hydrogens (tertiary/aromatic N) is 5. The highest BCUT2D eigenvalue weighted by molar-refractivity contribution is 5.50. The second kappa shape index (κ2) is 6.60. The molecule has 1 fully saturated rings. The number of methoxy groups -OCH3 is 1. The molecule has 1 aliphatic rings. The topological polar surface area (TPSA) is 54.4 Å². The molecule has 1 aliphatic heterocycles. The zero-order chi connectivity index (χ0) is 15.4. The molecular weight excluding hydrogens is 278 g/mol. The molecule has 116 valence electrons. The molecule has 3 heterocycles. The summed E-state index contributed by atoms with van der Waals surface area (Å²) < 4.78 is 5.33. The van der Waals surface area contributed by atoms with Crippen molar-refractivity contribution in [3.05, 3.63) is 36.4 Å². The van der Waals surface area contributed by atoms with Crippen molar-refractivity contribution in [2.24, 2.45) is 0 Å². The molecule has 0 atom stereocenters. The van der Waals surface area contributed by atoms with E-state index < -0.39 is 0 Å². The molecule has 6 nitrogen and oxygen atoms in total. The van der Waals surface area contributed by atoms with E-state index in [9.17, 15) is 0 Å². The fourth-order valence-electron chi connectivity index (χ4n) is 2.79. The first-order valence-corrected chi connectivity index (χ1v) is 7.55. The Morgan fingerprint density at radius 2 is 1.73 bits per heavy atom. The van der Waals surface area contributed by atoms with E-state index in [0.717, 1.165) is 44.1 Å². The number of ether oxygens (including phenoxy) is 1. The quantitative estimate of drug-likeness (QED) is 0.863. The summed E-state index contributed by atoms with van der Waals surface area (Å²) >= 11 is 0. The van der Waals surface area contributed by atoms with Crippen LogP contribution in [-0.4, -0.2) is 48.2 Å². The van der Waals surface area contributed by atoms with Gasteiger partial charge in [0.05, 0.1) is 7.11 Å². The molecule has 0 radical (unpaired) electrons. The molecular formula is C16H21N5O. The van der Waals surface area contributed by atoms with Gasteiger partial charge in [0.15, 0.2) is 5.82 Å². The molecule has 1 saturated heterocycles. The first kappa shape index (κ1) is 14.6. The van der Waals surface area contributed by atoms with Crippen molar-refractivity contribution in [1.82, 2.24) is 15.0 Å². The zero-order valence-corrected chi connectivity index (χ0v) is 13.1. The Balaban J connectivity index is 1.75. The van der Waals surface area contributed by atoms with Gasteiger partial charge in [-0.15, -0.1) is 0 Å². The average Bonchev–Trinajstić information content (AvgIpc) is 2.81. The summed E-state index contributed by atoms with van der Waals surface area (Å²) in [5, 5.41) is 0. The smallest absolute Gasteiger partial charge is 0.257 e. The van der Waals surface area contributed by atoms with Crippen LogP contribution in [0.2, 0.25) is 0 Å². The largest absolute Gasteiger partial charge is 0.478 e. The Bertz CT molecular complexity index is 633. The van der Waals surface area contributed by atoms with Crippen LogP contribution in [0.1, 0.15) is 12.1 Å². The third-order valence-electron chi connectivity index (χ3n) is 3.88. The summed E-state index contributed by atoms with van der Waals surface area (Å²) in [6.07, 6.45) is 6.32. The van der Waals surface area contributed by atoms with Crippen LogP contribution >= 0.6 is 0 Å². The SMILES string of the molecule is COc1nccnc1N1CCCN(c2ccnc(C)c2)CC1. The van der Waals surface area contributed by atoms with Crippen molar-refractivity contribution in [1.29, 1.82) is 0 Å². The lowest BCUT2D eigenvalue weighted by Gasteiger charge is -2.24. The maximum Gasteiger partial charge on any atom is 0.257 e. The van der Waals surface area contributed by atoms with Crippen molar-refractivity contribution in [2.75, 3.05) is 43.1 Å². The van der Waals surface area contributed by atoms with E-state index in [1.165, 1.54) is 5.69 Å². The molecule has 0 spiro atoms. The second-order valence-corrected chi connectivity index (χ2v) is 5.37. The standard InChI is InChI=1S/C16H21N5O/c1-13-12-14(4-5-17-13)20-8-3-9-21(11-10-20)15-16(22-2)19-7-6-18-15/h4-7,12H,3,8-11H2,1-2H3. The number of rotatable bonds is 3. The van der Waals surface area contributed by atoms with E-state index in [4.69, 9.17) is 4.74 Å². The highest BCUT2D eigenvalue weighted by Crippen LogP contribution is 2.24. The number of hydrogen-bond acceptors (Lipinski definition) is 6. The predicted molar refractivity (Wildman–Crippen MR) is 86.6 cm³/mol. The van der Waals surface area contributed by atoms with Gasteiger partial charge in [0.25, 0.3) is 5.88 Å². The highest BCUT2D eigenvalue weighted by Gasteiger charge is 2.19. The van der Waals surface area contributed by atoms with Gasteiger partial charge in [0.1, 0.15) is 0 Å². The van der Waals surface area contributed by atoms with Crippen LogP contribution in [0, 0.1) is 6.92 Å². The van der Waals surface area contributed by atoms with Crippen LogP contribution < -0.4 is 14.5 Å². The van der Waals surface area contributed by atoms with Gasteiger partial charge in [-0.05, 0) is 25.5 Å². The van der Waals surface area contributed by atoms with Crippen molar-refractivity contribution in [3.8, 4) is 5.88 Å². The molecule has 3 rings (SSSR count). The third-order valence-corrected chi connectivity index (χ3v) is 3.88. The van der Waals surface area contributed by atoms with E-state index in [2.05, 4.69) is 36.9 Å². The van der Waals surface area contributed by atoms with Crippen molar-refractivity contribution in [2.45, 2.75) is 13.3 Å². The fraction of sp³-hybridized carbons (Fsp3) is 0.438. The van der Waals surface area contributed by atoms with E-state index >= 15 is 0 Å². The first-order valence-electron chi connectivity index (χ1n) is 7.55. The molecule has 6 heteroatoms. The van der Waals surface area contributed by atoms with E-state index in [1.54, 1.807) is 19.5 Å². The minimum Gasteiger partial charge on any atom is -0.478 e. The summed E-state index contributed by atoms with van der Waals surface area (Å²) in [4.78, 5) is 17.6. The molecule has 2 aromatic rings. The molecule has 0 bridgehead atoms. The number of aromatic nitrogens is 3. The molecule has 2 aromatic heterocycles. The van der Waals surface area contributed by atoms with Gasteiger partial charge in [0, 0.05) is 56.2 Å². The van der Waals surface area contributed by atoms with E-state index in [-0.39, 0.29) is 0 Å². The van der Waals surface area contributed by atoms with Crippen LogP contribution in [-0.2, 0) is 0 Å². The second-order valence-electron chi connectivity index (χ2n) is 5.37. The monoisotopic (exact) mass is 299 g/mol. The Kier molecular flexibility index (Phi) is 4.37. The van der Waals surface area contributed by atoms with Gasteiger partial charge >= 0.3 is 0 Å². The number of anilines is 2. The molecule has 0 N–H and O–H groups in total. The molecule has 22 heavy (non-hydrogen) atoms. The number of hydrogen-bond donors (Lipinski definition) is 0. The predicted octanol–water partition coefficient (Wildman–Crippen LogP) is 1.91. The Hall–Kier alpha value is -2.37. The van der Waals surface area contributed by atoms with Crippen molar-refractivity contribution >= 4 is 11.5 Å². The zero-order valence-electron chi connectivity index (χ0n) is 13.1. The van der Waals surface area contributed by atoms with Gasteiger partial charge in [-0.1, -0.05) is 0 Å². The molecule has 0 unspecified atom stereocenters.